The molecular formula is C12H14ClFO2. The first-order valence-electron chi connectivity index (χ1n) is 4.90. The van der Waals surface area contributed by atoms with Gasteiger partial charge in [0.1, 0.15) is 17.2 Å². The van der Waals surface area contributed by atoms with Crippen LogP contribution in [0, 0.1) is 5.82 Å². The van der Waals surface area contributed by atoms with E-state index in [1.165, 1.54) is 13.0 Å². The lowest BCUT2D eigenvalue weighted by atomic mass is 10.1. The van der Waals surface area contributed by atoms with Crippen molar-refractivity contribution >= 4 is 17.4 Å². The van der Waals surface area contributed by atoms with E-state index in [1.54, 1.807) is 0 Å². The fourth-order valence-corrected chi connectivity index (χ4v) is 1.37. The summed E-state index contributed by atoms with van der Waals surface area (Å²) in [6, 6.07) is 2.44. The van der Waals surface area contributed by atoms with Crippen LogP contribution in [0.15, 0.2) is 12.1 Å². The number of carbonyl (C=O) groups excluding carboxylic acids is 1. The smallest absolute Gasteiger partial charge is 0.163 e. The fraction of sp³-hybridized carbons (Fsp3) is 0.417. The number of ether oxygens (including phenoxy) is 1. The Labute approximate surface area is 99.4 Å². The van der Waals surface area contributed by atoms with Gasteiger partial charge < -0.3 is 4.74 Å². The maximum absolute atomic E-state index is 13.2. The average molecular weight is 245 g/mol. The van der Waals surface area contributed by atoms with Gasteiger partial charge in [-0.05, 0) is 33.8 Å². The summed E-state index contributed by atoms with van der Waals surface area (Å²) < 4.78 is 18.8. The third-order valence-electron chi connectivity index (χ3n) is 1.82. The molecule has 0 radical (unpaired) electrons. The van der Waals surface area contributed by atoms with Crippen molar-refractivity contribution in [3.63, 3.8) is 0 Å². The molecule has 0 heterocycles. The monoisotopic (exact) mass is 244 g/mol. The standard InChI is InChI=1S/C12H14ClFO2/c1-7(15)8-5-10(14)9(13)6-11(8)16-12(2,3)4/h5-6H,1-4H3. The van der Waals surface area contributed by atoms with E-state index in [0.29, 0.717) is 5.75 Å². The van der Waals surface area contributed by atoms with Crippen LogP contribution < -0.4 is 4.74 Å². The summed E-state index contributed by atoms with van der Waals surface area (Å²) >= 11 is 5.65. The van der Waals surface area contributed by atoms with Gasteiger partial charge in [-0.2, -0.15) is 0 Å². The Morgan fingerprint density at radius 2 is 1.94 bits per heavy atom. The van der Waals surface area contributed by atoms with Crippen LogP contribution in [0.5, 0.6) is 5.75 Å². The Hall–Kier alpha value is -1.09. The molecule has 0 aromatic heterocycles. The molecule has 1 aromatic rings. The van der Waals surface area contributed by atoms with Crippen LogP contribution in [0.2, 0.25) is 5.02 Å². The Morgan fingerprint density at radius 1 is 1.38 bits per heavy atom. The molecule has 0 saturated carbocycles. The van der Waals surface area contributed by atoms with E-state index >= 15 is 0 Å². The SMILES string of the molecule is CC(=O)c1cc(F)c(Cl)cc1OC(C)(C)C. The van der Waals surface area contributed by atoms with E-state index in [9.17, 15) is 9.18 Å². The number of hydrogen-bond donors (Lipinski definition) is 0. The van der Waals surface area contributed by atoms with Crippen molar-refractivity contribution in [3.05, 3.63) is 28.5 Å². The molecule has 2 nitrogen and oxygen atoms in total. The van der Waals surface area contributed by atoms with Crippen molar-refractivity contribution in [1.29, 1.82) is 0 Å². The van der Waals surface area contributed by atoms with E-state index in [4.69, 9.17) is 16.3 Å². The predicted molar refractivity (Wildman–Crippen MR) is 61.8 cm³/mol. The van der Waals surface area contributed by atoms with Gasteiger partial charge in [0.05, 0.1) is 10.6 Å². The number of ketones is 1. The second-order valence-electron chi connectivity index (χ2n) is 4.53. The van der Waals surface area contributed by atoms with Crippen molar-refractivity contribution < 1.29 is 13.9 Å². The van der Waals surface area contributed by atoms with Gasteiger partial charge in [-0.1, -0.05) is 11.6 Å². The minimum Gasteiger partial charge on any atom is -0.487 e. The zero-order valence-corrected chi connectivity index (χ0v) is 10.5. The second kappa shape index (κ2) is 4.42. The summed E-state index contributed by atoms with van der Waals surface area (Å²) in [4.78, 5) is 11.3. The summed E-state index contributed by atoms with van der Waals surface area (Å²) in [5, 5.41) is -0.0516. The number of carbonyl (C=O) groups is 1. The molecule has 0 aliphatic rings. The number of Topliss-reactive ketones (excluding diaryl/α,β-unsaturated/α-hetero) is 1. The van der Waals surface area contributed by atoms with Gasteiger partial charge >= 0.3 is 0 Å². The van der Waals surface area contributed by atoms with Gasteiger partial charge in [-0.25, -0.2) is 4.39 Å². The lowest BCUT2D eigenvalue weighted by molar-refractivity contribution is 0.0990. The molecular weight excluding hydrogens is 231 g/mol. The maximum atomic E-state index is 13.2. The maximum Gasteiger partial charge on any atom is 0.163 e. The van der Waals surface area contributed by atoms with Crippen LogP contribution in [-0.4, -0.2) is 11.4 Å². The molecule has 0 aliphatic heterocycles. The van der Waals surface area contributed by atoms with Gasteiger partial charge in [0, 0.05) is 6.07 Å². The van der Waals surface area contributed by atoms with Crippen LogP contribution in [0.1, 0.15) is 38.1 Å². The summed E-state index contributed by atoms with van der Waals surface area (Å²) in [6.45, 7) is 6.88. The van der Waals surface area contributed by atoms with E-state index in [-0.39, 0.29) is 16.4 Å². The van der Waals surface area contributed by atoms with Gasteiger partial charge in [-0.3, -0.25) is 4.79 Å². The van der Waals surface area contributed by atoms with E-state index in [0.717, 1.165) is 6.07 Å². The highest BCUT2D eigenvalue weighted by molar-refractivity contribution is 6.31. The average Bonchev–Trinajstić information content (AvgIpc) is 2.07. The Kier molecular flexibility index (Phi) is 3.58. The first kappa shape index (κ1) is 13.0. The highest BCUT2D eigenvalue weighted by Crippen LogP contribution is 2.29. The second-order valence-corrected chi connectivity index (χ2v) is 4.94. The van der Waals surface area contributed by atoms with E-state index in [1.807, 2.05) is 20.8 Å². The first-order chi connectivity index (χ1) is 7.20. The van der Waals surface area contributed by atoms with Crippen LogP contribution in [0.25, 0.3) is 0 Å². The molecule has 1 aromatic carbocycles. The highest BCUT2D eigenvalue weighted by Gasteiger charge is 2.18. The molecule has 0 N–H and O–H groups in total. The van der Waals surface area contributed by atoms with Gasteiger partial charge in [0.25, 0.3) is 0 Å². The Balaban J connectivity index is 3.25. The Bertz CT molecular complexity index is 422. The minimum absolute atomic E-state index is 0.0516. The molecule has 0 saturated heterocycles. The third kappa shape index (κ3) is 3.20. The topological polar surface area (TPSA) is 26.3 Å². The lowest BCUT2D eigenvalue weighted by Gasteiger charge is -2.23. The molecule has 0 aliphatic carbocycles. The number of benzene rings is 1. The van der Waals surface area contributed by atoms with Crippen LogP contribution in [0.3, 0.4) is 0 Å². The summed E-state index contributed by atoms with van der Waals surface area (Å²) in [7, 11) is 0. The van der Waals surface area contributed by atoms with Gasteiger partial charge in [0.2, 0.25) is 0 Å². The fourth-order valence-electron chi connectivity index (χ4n) is 1.22. The lowest BCUT2D eigenvalue weighted by Crippen LogP contribution is -2.24. The number of hydrogen-bond acceptors (Lipinski definition) is 2. The molecule has 0 bridgehead atoms. The largest absolute Gasteiger partial charge is 0.487 e. The Morgan fingerprint density at radius 3 is 2.38 bits per heavy atom. The summed E-state index contributed by atoms with van der Waals surface area (Å²) in [5.74, 6) is -0.561. The van der Waals surface area contributed by atoms with Crippen molar-refractivity contribution in [3.8, 4) is 5.75 Å². The molecule has 4 heteroatoms. The molecule has 16 heavy (non-hydrogen) atoms. The molecule has 1 rings (SSSR count). The van der Waals surface area contributed by atoms with Crippen molar-refractivity contribution in [2.75, 3.05) is 0 Å². The van der Waals surface area contributed by atoms with Crippen LogP contribution in [0.4, 0.5) is 4.39 Å². The molecule has 0 amide bonds. The summed E-state index contributed by atoms with van der Waals surface area (Å²) in [6.07, 6.45) is 0. The molecule has 88 valence electrons. The molecule has 0 atom stereocenters. The molecule has 0 fully saturated rings. The van der Waals surface area contributed by atoms with Gasteiger partial charge in [0.15, 0.2) is 5.78 Å². The zero-order chi connectivity index (χ0) is 12.5. The normalized spacial score (nSPS) is 11.4. The minimum atomic E-state index is -0.617. The number of halogens is 2. The van der Waals surface area contributed by atoms with E-state index < -0.39 is 11.4 Å². The molecule has 0 unspecified atom stereocenters. The summed E-state index contributed by atoms with van der Waals surface area (Å²) in [5.41, 5.74) is -0.262. The van der Waals surface area contributed by atoms with Crippen molar-refractivity contribution in [1.82, 2.24) is 0 Å². The molecule has 0 spiro atoms. The number of rotatable bonds is 2. The van der Waals surface area contributed by atoms with E-state index in [2.05, 4.69) is 0 Å². The highest BCUT2D eigenvalue weighted by atomic mass is 35.5. The van der Waals surface area contributed by atoms with Crippen LogP contribution in [-0.2, 0) is 0 Å². The zero-order valence-electron chi connectivity index (χ0n) is 9.73. The van der Waals surface area contributed by atoms with Gasteiger partial charge in [-0.15, -0.1) is 0 Å². The van der Waals surface area contributed by atoms with Crippen molar-refractivity contribution in [2.45, 2.75) is 33.3 Å². The predicted octanol–water partition coefficient (Wildman–Crippen LogP) is 3.86. The van der Waals surface area contributed by atoms with Crippen LogP contribution >= 0.6 is 11.6 Å². The van der Waals surface area contributed by atoms with Crippen molar-refractivity contribution in [2.24, 2.45) is 0 Å². The quantitative estimate of drug-likeness (QED) is 0.739. The third-order valence-corrected chi connectivity index (χ3v) is 2.11. The first-order valence-corrected chi connectivity index (χ1v) is 5.27.